The van der Waals surface area contributed by atoms with E-state index in [1.54, 1.807) is 0 Å². The van der Waals surface area contributed by atoms with Crippen molar-refractivity contribution < 1.29 is 14.7 Å². The van der Waals surface area contributed by atoms with Gasteiger partial charge in [-0.25, -0.2) is 3.11 Å². The molecule has 0 aromatic heterocycles. The second-order valence-corrected chi connectivity index (χ2v) is 9.90. The zero-order chi connectivity index (χ0) is 20.0. The first kappa shape index (κ1) is 22.8. The van der Waals surface area contributed by atoms with Crippen LogP contribution in [0.15, 0.2) is 0 Å². The van der Waals surface area contributed by atoms with Crippen LogP contribution in [-0.2, 0) is 9.59 Å². The Bertz CT molecular complexity index is 509. The van der Waals surface area contributed by atoms with Gasteiger partial charge >= 0.3 is 0 Å². The van der Waals surface area contributed by atoms with Gasteiger partial charge in [-0.3, -0.25) is 14.5 Å². The van der Waals surface area contributed by atoms with Crippen molar-refractivity contribution in [1.29, 1.82) is 0 Å². The van der Waals surface area contributed by atoms with Crippen molar-refractivity contribution >= 4 is 34.7 Å². The quantitative estimate of drug-likeness (QED) is 0.347. The molecule has 3 N–H and O–H groups in total. The molecule has 27 heavy (non-hydrogen) atoms. The average molecular weight is 494 g/mol. The molecule has 1 aliphatic carbocycles. The van der Waals surface area contributed by atoms with E-state index in [2.05, 4.69) is 62.3 Å². The Morgan fingerprint density at radius 3 is 2.15 bits per heavy atom. The summed E-state index contributed by atoms with van der Waals surface area (Å²) in [7, 11) is 0. The molecule has 7 nitrogen and oxygen atoms in total. The molecule has 3 atom stereocenters. The standard InChI is InChI=1S/C19H35IN4O3/c1-4-19(2,3)13-22-18(27)16-12-14(23-6-8-24(20)9-7-23)11-15(16)17(26)21-5-10-25/h14-16,25H,4-13H2,1-3H3,(H,21,26)(H,22,27)/t14?,15-,16+/m1/s1. The lowest BCUT2D eigenvalue weighted by molar-refractivity contribution is -0.133. The highest BCUT2D eigenvalue weighted by Gasteiger charge is 2.44. The van der Waals surface area contributed by atoms with Crippen molar-refractivity contribution in [3.63, 3.8) is 0 Å². The molecule has 0 radical (unpaired) electrons. The molecule has 8 heteroatoms. The SMILES string of the molecule is CCC(C)(C)CNC(=O)[C@H]1CC(N2CCN(I)CC2)C[C@H]1C(=O)NCCO. The van der Waals surface area contributed by atoms with Crippen molar-refractivity contribution in [2.45, 2.75) is 46.1 Å². The largest absolute Gasteiger partial charge is 0.395 e. The summed E-state index contributed by atoms with van der Waals surface area (Å²) >= 11 is 2.35. The lowest BCUT2D eigenvalue weighted by Crippen LogP contribution is -2.47. The molecule has 0 aromatic rings. The number of nitrogens with one attached hydrogen (secondary N) is 2. The van der Waals surface area contributed by atoms with Gasteiger partial charge in [0.15, 0.2) is 0 Å². The number of hydrogen-bond acceptors (Lipinski definition) is 5. The molecule has 1 unspecified atom stereocenters. The number of hydrogen-bond donors (Lipinski definition) is 3. The van der Waals surface area contributed by atoms with Gasteiger partial charge < -0.3 is 15.7 Å². The molecule has 1 aliphatic heterocycles. The molecule has 0 aromatic carbocycles. The summed E-state index contributed by atoms with van der Waals surface area (Å²) in [6.07, 6.45) is 2.44. The van der Waals surface area contributed by atoms with Gasteiger partial charge in [0.1, 0.15) is 0 Å². The molecule has 2 rings (SSSR count). The van der Waals surface area contributed by atoms with Crippen molar-refractivity contribution in [1.82, 2.24) is 18.6 Å². The van der Waals surface area contributed by atoms with Crippen molar-refractivity contribution in [2.24, 2.45) is 17.3 Å². The Balaban J connectivity index is 2.03. The third-order valence-corrected chi connectivity index (χ3v) is 7.06. The maximum Gasteiger partial charge on any atom is 0.224 e. The van der Waals surface area contributed by atoms with Crippen LogP contribution in [0.3, 0.4) is 0 Å². The fourth-order valence-electron chi connectivity index (χ4n) is 3.84. The van der Waals surface area contributed by atoms with E-state index in [4.69, 9.17) is 5.11 Å². The lowest BCUT2D eigenvalue weighted by Gasteiger charge is -2.35. The second-order valence-electron chi connectivity index (χ2n) is 8.53. The molecule has 0 bridgehead atoms. The Morgan fingerprint density at radius 1 is 1.07 bits per heavy atom. The van der Waals surface area contributed by atoms with Crippen LogP contribution in [0.1, 0.15) is 40.0 Å². The highest BCUT2D eigenvalue weighted by Crippen LogP contribution is 2.36. The predicted molar refractivity (Wildman–Crippen MR) is 114 cm³/mol. The minimum Gasteiger partial charge on any atom is -0.395 e. The summed E-state index contributed by atoms with van der Waals surface area (Å²) in [6, 6.07) is 0.273. The number of amides is 2. The zero-order valence-corrected chi connectivity index (χ0v) is 19.0. The first-order valence-electron chi connectivity index (χ1n) is 10.1. The monoisotopic (exact) mass is 494 g/mol. The fraction of sp³-hybridized carbons (Fsp3) is 0.895. The lowest BCUT2D eigenvalue weighted by atomic mass is 9.89. The molecule has 2 aliphatic rings. The number of piperazine rings is 1. The van der Waals surface area contributed by atoms with Crippen LogP contribution in [0.2, 0.25) is 0 Å². The molecule has 1 saturated heterocycles. The van der Waals surface area contributed by atoms with Gasteiger partial charge in [-0.15, -0.1) is 0 Å². The first-order valence-corrected chi connectivity index (χ1v) is 11.0. The van der Waals surface area contributed by atoms with Gasteiger partial charge in [0.05, 0.1) is 18.4 Å². The maximum absolute atomic E-state index is 12.9. The zero-order valence-electron chi connectivity index (χ0n) is 16.8. The average Bonchev–Trinajstić information content (AvgIpc) is 3.10. The van der Waals surface area contributed by atoms with Gasteiger partial charge in [-0.05, 0) is 24.7 Å². The number of carbonyl (C=O) groups excluding carboxylic acids is 2. The summed E-state index contributed by atoms with van der Waals surface area (Å²) in [4.78, 5) is 28.0. The molecule has 1 saturated carbocycles. The van der Waals surface area contributed by atoms with Crippen molar-refractivity contribution in [2.75, 3.05) is 45.9 Å². The Hall–Kier alpha value is -0.450. The summed E-state index contributed by atoms with van der Waals surface area (Å²) in [5.41, 5.74) is 0.0545. The second kappa shape index (κ2) is 10.4. The van der Waals surface area contributed by atoms with Crippen LogP contribution in [-0.4, -0.2) is 76.9 Å². The third-order valence-electron chi connectivity index (χ3n) is 6.10. The van der Waals surface area contributed by atoms with E-state index in [1.807, 2.05) is 0 Å². The summed E-state index contributed by atoms with van der Waals surface area (Å²) in [5.74, 6) is -0.715. The molecule has 156 valence electrons. The van der Waals surface area contributed by atoms with Crippen LogP contribution in [0, 0.1) is 17.3 Å². The third kappa shape index (κ3) is 6.54. The van der Waals surface area contributed by atoms with E-state index in [1.165, 1.54) is 0 Å². The topological polar surface area (TPSA) is 84.9 Å². The van der Waals surface area contributed by atoms with Gasteiger partial charge in [0, 0.05) is 68.2 Å². The molecule has 0 spiro atoms. The molecule has 1 heterocycles. The minimum absolute atomic E-state index is 0.00398. The fourth-order valence-corrected chi connectivity index (χ4v) is 4.28. The highest BCUT2D eigenvalue weighted by molar-refractivity contribution is 14.1. The summed E-state index contributed by atoms with van der Waals surface area (Å²) in [5, 5.41) is 14.9. The van der Waals surface area contributed by atoms with Crippen molar-refractivity contribution in [3.05, 3.63) is 0 Å². The van der Waals surface area contributed by atoms with Crippen LogP contribution >= 0.6 is 22.9 Å². The van der Waals surface area contributed by atoms with Gasteiger partial charge in [-0.1, -0.05) is 20.8 Å². The number of nitrogens with zero attached hydrogens (tertiary/aromatic N) is 2. The van der Waals surface area contributed by atoms with Gasteiger partial charge in [-0.2, -0.15) is 0 Å². The molecule has 2 fully saturated rings. The Kier molecular flexibility index (Phi) is 8.76. The van der Waals surface area contributed by atoms with Crippen LogP contribution in [0.5, 0.6) is 0 Å². The summed E-state index contributed by atoms with van der Waals surface area (Å²) in [6.45, 7) is 11.2. The molecule has 2 amide bonds. The predicted octanol–water partition coefficient (Wildman–Crippen LogP) is 1.01. The van der Waals surface area contributed by atoms with Crippen LogP contribution < -0.4 is 10.6 Å². The molecular formula is C19H35IN4O3. The van der Waals surface area contributed by atoms with E-state index in [0.717, 1.165) is 39.0 Å². The van der Waals surface area contributed by atoms with Crippen molar-refractivity contribution in [3.8, 4) is 0 Å². The van der Waals surface area contributed by atoms with Crippen LogP contribution in [0.25, 0.3) is 0 Å². The van der Waals surface area contributed by atoms with E-state index in [0.29, 0.717) is 13.0 Å². The normalized spacial score (nSPS) is 27.5. The van der Waals surface area contributed by atoms with E-state index in [9.17, 15) is 9.59 Å². The number of carbonyl (C=O) groups is 2. The van der Waals surface area contributed by atoms with E-state index < -0.39 is 0 Å². The number of aliphatic hydroxyl groups is 1. The number of rotatable bonds is 8. The Labute approximate surface area is 177 Å². The van der Waals surface area contributed by atoms with E-state index >= 15 is 0 Å². The van der Waals surface area contributed by atoms with Crippen LogP contribution in [0.4, 0.5) is 0 Å². The number of aliphatic hydroxyl groups excluding tert-OH is 1. The first-order chi connectivity index (χ1) is 12.8. The summed E-state index contributed by atoms with van der Waals surface area (Å²) < 4.78 is 2.28. The highest BCUT2D eigenvalue weighted by atomic mass is 127. The Morgan fingerprint density at radius 2 is 1.63 bits per heavy atom. The maximum atomic E-state index is 12.9. The smallest absolute Gasteiger partial charge is 0.224 e. The van der Waals surface area contributed by atoms with Gasteiger partial charge in [0.25, 0.3) is 0 Å². The minimum atomic E-state index is -0.316. The van der Waals surface area contributed by atoms with E-state index in [-0.39, 0.29) is 48.3 Å². The van der Waals surface area contributed by atoms with Gasteiger partial charge in [0.2, 0.25) is 11.8 Å². The number of halogens is 1. The molecular weight excluding hydrogens is 459 g/mol.